The van der Waals surface area contributed by atoms with Crippen LogP contribution in [-0.2, 0) is 0 Å². The molecular weight excluding hydrogens is 411 g/mol. The van der Waals surface area contributed by atoms with Crippen LogP contribution in [0.25, 0.3) is 6.08 Å². The molecule has 0 amide bonds. The molecule has 0 heterocycles. The minimum Gasteiger partial charge on any atom is -0.493 e. The molecule has 1 aromatic rings. The Balaban J connectivity index is 1.45. The molecule has 2 fully saturated rings. The van der Waals surface area contributed by atoms with Gasteiger partial charge in [-0.1, -0.05) is 32.6 Å². The van der Waals surface area contributed by atoms with Crippen LogP contribution in [0.5, 0.6) is 5.75 Å². The fourth-order valence-corrected chi connectivity index (χ4v) is 5.38. The third-order valence-corrected chi connectivity index (χ3v) is 7.12. The summed E-state index contributed by atoms with van der Waals surface area (Å²) in [4.78, 5) is 0. The summed E-state index contributed by atoms with van der Waals surface area (Å²) >= 11 is 0. The van der Waals surface area contributed by atoms with Crippen molar-refractivity contribution in [1.82, 2.24) is 0 Å². The summed E-state index contributed by atoms with van der Waals surface area (Å²) in [6.07, 6.45) is 8.15. The highest BCUT2D eigenvalue weighted by Gasteiger charge is 2.31. The fraction of sp³-hybridized carbons (Fsp3) is 0.680. The van der Waals surface area contributed by atoms with Crippen LogP contribution in [0.15, 0.2) is 18.2 Å². The molecule has 1 nitrogen and oxygen atoms in total. The van der Waals surface area contributed by atoms with E-state index < -0.39 is 23.4 Å². The van der Waals surface area contributed by atoms with E-state index in [1.54, 1.807) is 0 Å². The summed E-state index contributed by atoms with van der Waals surface area (Å²) in [5.74, 6) is 0.806. The van der Waals surface area contributed by atoms with Gasteiger partial charge in [0, 0.05) is 23.8 Å². The lowest BCUT2D eigenvalue weighted by molar-refractivity contribution is -0.0790. The molecule has 0 saturated heterocycles. The van der Waals surface area contributed by atoms with Crippen molar-refractivity contribution in [2.24, 2.45) is 23.7 Å². The second-order valence-corrected chi connectivity index (χ2v) is 9.34. The quantitative estimate of drug-likeness (QED) is 0.384. The third-order valence-electron chi connectivity index (χ3n) is 7.12. The van der Waals surface area contributed by atoms with Crippen LogP contribution < -0.4 is 4.74 Å². The Morgan fingerprint density at radius 2 is 1.39 bits per heavy atom. The molecule has 0 aliphatic heterocycles. The maximum atomic E-state index is 14.0. The largest absolute Gasteiger partial charge is 0.493 e. The van der Waals surface area contributed by atoms with E-state index in [9.17, 15) is 22.0 Å². The van der Waals surface area contributed by atoms with Crippen molar-refractivity contribution in [3.05, 3.63) is 35.4 Å². The molecule has 2 aliphatic rings. The summed E-state index contributed by atoms with van der Waals surface area (Å²) in [5, 5.41) is 0. The van der Waals surface area contributed by atoms with Crippen LogP contribution in [-0.4, -0.2) is 12.8 Å². The lowest BCUT2D eigenvalue weighted by Gasteiger charge is -2.37. The molecule has 0 aromatic heterocycles. The van der Waals surface area contributed by atoms with Gasteiger partial charge in [0.2, 0.25) is 0 Å². The van der Waals surface area contributed by atoms with Gasteiger partial charge in [-0.05, 0) is 68.3 Å². The highest BCUT2D eigenvalue weighted by Crippen LogP contribution is 2.42. The zero-order valence-corrected chi connectivity index (χ0v) is 18.2. The normalized spacial score (nSPS) is 27.5. The topological polar surface area (TPSA) is 9.23 Å². The van der Waals surface area contributed by atoms with Crippen LogP contribution in [0.2, 0.25) is 0 Å². The standard InChI is InChI=1S/C25H33F5O/c1-2-3-17-4-8-19(9-5-17)20-10-6-18(7-11-20)16-31-21-14-23(26)22(24(27)15-21)12-13-25(28,29)30/h12-15,17-20H,2-11,16H2,1H3. The summed E-state index contributed by atoms with van der Waals surface area (Å²) in [6.45, 7) is 2.64. The minimum atomic E-state index is -4.62. The average molecular weight is 445 g/mol. The lowest BCUT2D eigenvalue weighted by atomic mass is 9.69. The molecule has 1 aromatic carbocycles. The van der Waals surface area contributed by atoms with Gasteiger partial charge in [0.05, 0.1) is 6.61 Å². The van der Waals surface area contributed by atoms with E-state index in [1.165, 1.54) is 51.4 Å². The van der Waals surface area contributed by atoms with Gasteiger partial charge < -0.3 is 4.74 Å². The van der Waals surface area contributed by atoms with Crippen LogP contribution in [0.1, 0.15) is 76.7 Å². The Morgan fingerprint density at radius 1 is 0.871 bits per heavy atom. The number of ether oxygens (including phenoxy) is 1. The van der Waals surface area contributed by atoms with Crippen LogP contribution in [0.3, 0.4) is 0 Å². The van der Waals surface area contributed by atoms with E-state index in [2.05, 4.69) is 6.92 Å². The van der Waals surface area contributed by atoms with E-state index in [0.717, 1.165) is 42.7 Å². The SMILES string of the molecule is CCCC1CCC(C2CCC(COc3cc(F)c(C=CC(F)(F)F)c(F)c3)CC2)CC1. The van der Waals surface area contributed by atoms with E-state index in [4.69, 9.17) is 4.74 Å². The maximum Gasteiger partial charge on any atom is 0.409 e. The van der Waals surface area contributed by atoms with E-state index in [0.29, 0.717) is 18.6 Å². The number of halogens is 5. The average Bonchev–Trinajstić information content (AvgIpc) is 2.72. The van der Waals surface area contributed by atoms with Gasteiger partial charge in [0.1, 0.15) is 17.4 Å². The molecule has 31 heavy (non-hydrogen) atoms. The smallest absolute Gasteiger partial charge is 0.409 e. The fourth-order valence-electron chi connectivity index (χ4n) is 5.38. The second kappa shape index (κ2) is 10.8. The minimum absolute atomic E-state index is 0.0236. The molecule has 6 heteroatoms. The van der Waals surface area contributed by atoms with Crippen LogP contribution in [0.4, 0.5) is 22.0 Å². The van der Waals surface area contributed by atoms with Gasteiger partial charge in [-0.3, -0.25) is 0 Å². The number of hydrogen-bond acceptors (Lipinski definition) is 1. The van der Waals surface area contributed by atoms with E-state index in [-0.39, 0.29) is 11.8 Å². The number of alkyl halides is 3. The lowest BCUT2D eigenvalue weighted by Crippen LogP contribution is -2.27. The summed E-state index contributed by atoms with van der Waals surface area (Å²) < 4.78 is 70.4. The van der Waals surface area contributed by atoms with Gasteiger partial charge in [0.15, 0.2) is 0 Å². The molecule has 3 rings (SSSR count). The zero-order valence-electron chi connectivity index (χ0n) is 18.2. The van der Waals surface area contributed by atoms with Gasteiger partial charge in [-0.15, -0.1) is 0 Å². The molecule has 174 valence electrons. The van der Waals surface area contributed by atoms with Gasteiger partial charge >= 0.3 is 6.18 Å². The maximum absolute atomic E-state index is 14.0. The van der Waals surface area contributed by atoms with Crippen molar-refractivity contribution >= 4 is 6.08 Å². The van der Waals surface area contributed by atoms with Crippen molar-refractivity contribution in [3.8, 4) is 5.75 Å². The zero-order chi connectivity index (χ0) is 22.4. The van der Waals surface area contributed by atoms with Gasteiger partial charge in [0.25, 0.3) is 0 Å². The van der Waals surface area contributed by atoms with Crippen molar-refractivity contribution in [1.29, 1.82) is 0 Å². The highest BCUT2D eigenvalue weighted by molar-refractivity contribution is 5.53. The van der Waals surface area contributed by atoms with Crippen LogP contribution in [0, 0.1) is 35.3 Å². The Morgan fingerprint density at radius 3 is 1.87 bits per heavy atom. The number of benzene rings is 1. The first-order chi connectivity index (χ1) is 14.7. The molecule has 2 aliphatic carbocycles. The number of allylic oxidation sites excluding steroid dienone is 1. The molecule has 0 radical (unpaired) electrons. The molecule has 0 atom stereocenters. The van der Waals surface area contributed by atoms with E-state index in [1.807, 2.05) is 0 Å². The predicted molar refractivity (Wildman–Crippen MR) is 113 cm³/mol. The molecule has 0 unspecified atom stereocenters. The Bertz CT molecular complexity index is 703. The first-order valence-electron chi connectivity index (χ1n) is 11.6. The number of hydrogen-bond donors (Lipinski definition) is 0. The highest BCUT2D eigenvalue weighted by atomic mass is 19.4. The van der Waals surface area contributed by atoms with E-state index >= 15 is 0 Å². The monoisotopic (exact) mass is 444 g/mol. The summed E-state index contributed by atoms with van der Waals surface area (Å²) in [7, 11) is 0. The molecule has 0 N–H and O–H groups in total. The third kappa shape index (κ3) is 7.21. The summed E-state index contributed by atoms with van der Waals surface area (Å²) in [5.41, 5.74) is -0.709. The molecular formula is C25H33F5O. The Hall–Kier alpha value is -1.59. The van der Waals surface area contributed by atoms with Crippen molar-refractivity contribution in [3.63, 3.8) is 0 Å². The van der Waals surface area contributed by atoms with Gasteiger partial charge in [-0.2, -0.15) is 13.2 Å². The van der Waals surface area contributed by atoms with Crippen molar-refractivity contribution in [2.75, 3.05) is 6.61 Å². The Labute approximate surface area is 182 Å². The first-order valence-corrected chi connectivity index (χ1v) is 11.6. The predicted octanol–water partition coefficient (Wildman–Crippen LogP) is 8.33. The second-order valence-electron chi connectivity index (χ2n) is 9.34. The van der Waals surface area contributed by atoms with Crippen LogP contribution >= 0.6 is 0 Å². The molecule has 2 saturated carbocycles. The first kappa shape index (κ1) is 24.1. The molecule has 0 bridgehead atoms. The van der Waals surface area contributed by atoms with Crippen molar-refractivity contribution < 1.29 is 26.7 Å². The van der Waals surface area contributed by atoms with Crippen molar-refractivity contribution in [2.45, 2.75) is 77.3 Å². The summed E-state index contributed by atoms with van der Waals surface area (Å²) in [6, 6.07) is 1.92. The molecule has 0 spiro atoms. The van der Waals surface area contributed by atoms with Gasteiger partial charge in [-0.25, -0.2) is 8.78 Å². The Kier molecular flexibility index (Phi) is 8.40. The number of rotatable bonds is 7.